The molecule has 80 valence electrons. The Kier molecular flexibility index (Phi) is 5.57. The fourth-order valence-corrected chi connectivity index (χ4v) is 1.49. The maximum Gasteiger partial charge on any atom is 0.0164 e. The summed E-state index contributed by atoms with van der Waals surface area (Å²) >= 11 is 0. The molecule has 1 aliphatic rings. The van der Waals surface area contributed by atoms with E-state index in [-0.39, 0.29) is 0 Å². The molecule has 1 fully saturated rings. The molecule has 0 bridgehead atoms. The molecule has 2 heteroatoms. The third kappa shape index (κ3) is 5.20. The summed E-state index contributed by atoms with van der Waals surface area (Å²) < 4.78 is 0. The summed E-state index contributed by atoms with van der Waals surface area (Å²) in [6, 6.07) is 0. The van der Waals surface area contributed by atoms with Gasteiger partial charge in [-0.2, -0.15) is 0 Å². The minimum Gasteiger partial charge on any atom is -0.315 e. The van der Waals surface area contributed by atoms with Gasteiger partial charge in [0.2, 0.25) is 0 Å². The molecule has 0 saturated heterocycles. The molecule has 0 heterocycles. The van der Waals surface area contributed by atoms with E-state index in [9.17, 15) is 0 Å². The van der Waals surface area contributed by atoms with Gasteiger partial charge in [-0.25, -0.2) is 0 Å². The summed E-state index contributed by atoms with van der Waals surface area (Å²) in [5.74, 6) is 0.974. The zero-order valence-corrected chi connectivity index (χ0v) is 9.04. The van der Waals surface area contributed by atoms with Gasteiger partial charge < -0.3 is 5.32 Å². The van der Waals surface area contributed by atoms with Gasteiger partial charge in [0.1, 0.15) is 0 Å². The van der Waals surface area contributed by atoms with Crippen molar-refractivity contribution in [2.75, 3.05) is 32.7 Å². The Hall–Kier alpha value is -0.600. The number of hydrogen-bond donors (Lipinski definition) is 1. The van der Waals surface area contributed by atoms with E-state index >= 15 is 0 Å². The van der Waals surface area contributed by atoms with E-state index in [0.29, 0.717) is 0 Å². The molecule has 1 N–H and O–H groups in total. The average Bonchev–Trinajstić information content (AvgIpc) is 2.96. The fourth-order valence-electron chi connectivity index (χ4n) is 1.49. The van der Waals surface area contributed by atoms with Crippen LogP contribution in [0.5, 0.6) is 0 Å². The number of nitrogens with one attached hydrogen (secondary N) is 1. The third-order valence-electron chi connectivity index (χ3n) is 2.51. The molecule has 0 aromatic carbocycles. The van der Waals surface area contributed by atoms with Crippen LogP contribution < -0.4 is 5.32 Å². The van der Waals surface area contributed by atoms with E-state index in [0.717, 1.165) is 32.1 Å². The van der Waals surface area contributed by atoms with Gasteiger partial charge in [0, 0.05) is 26.2 Å². The summed E-state index contributed by atoms with van der Waals surface area (Å²) in [5.41, 5.74) is 0. The van der Waals surface area contributed by atoms with Crippen molar-refractivity contribution in [1.29, 1.82) is 0 Å². The summed E-state index contributed by atoms with van der Waals surface area (Å²) in [6.07, 6.45) is 6.75. The maximum absolute atomic E-state index is 3.75. The first-order valence-corrected chi connectivity index (χ1v) is 5.51. The van der Waals surface area contributed by atoms with Crippen molar-refractivity contribution in [1.82, 2.24) is 10.2 Å². The quantitative estimate of drug-likeness (QED) is 0.443. The van der Waals surface area contributed by atoms with Gasteiger partial charge >= 0.3 is 0 Å². The Morgan fingerprint density at radius 1 is 1.21 bits per heavy atom. The van der Waals surface area contributed by atoms with E-state index in [2.05, 4.69) is 23.4 Å². The third-order valence-corrected chi connectivity index (χ3v) is 2.51. The van der Waals surface area contributed by atoms with Crippen LogP contribution in [0.4, 0.5) is 0 Å². The Bertz CT molecular complexity index is 163. The first-order valence-electron chi connectivity index (χ1n) is 5.51. The topological polar surface area (TPSA) is 15.3 Å². The molecular weight excluding hydrogens is 172 g/mol. The number of hydrogen-bond acceptors (Lipinski definition) is 2. The van der Waals surface area contributed by atoms with Crippen LogP contribution in [0.15, 0.2) is 25.3 Å². The van der Waals surface area contributed by atoms with Crippen LogP contribution in [-0.4, -0.2) is 37.6 Å². The van der Waals surface area contributed by atoms with E-state index in [1.54, 1.807) is 0 Å². The molecule has 0 aromatic rings. The number of rotatable bonds is 9. The Morgan fingerprint density at radius 3 is 2.36 bits per heavy atom. The van der Waals surface area contributed by atoms with Crippen LogP contribution in [0.2, 0.25) is 0 Å². The summed E-state index contributed by atoms with van der Waals surface area (Å²) in [7, 11) is 0. The Morgan fingerprint density at radius 2 is 1.86 bits per heavy atom. The molecule has 0 aromatic heterocycles. The lowest BCUT2D eigenvalue weighted by molar-refractivity contribution is 0.332. The second kappa shape index (κ2) is 6.80. The van der Waals surface area contributed by atoms with Crippen molar-refractivity contribution in [2.24, 2.45) is 5.92 Å². The van der Waals surface area contributed by atoms with Crippen molar-refractivity contribution in [3.63, 3.8) is 0 Å². The second-order valence-corrected chi connectivity index (χ2v) is 3.98. The molecule has 1 saturated carbocycles. The predicted octanol–water partition coefficient (Wildman–Crippen LogP) is 1.66. The van der Waals surface area contributed by atoms with Crippen LogP contribution >= 0.6 is 0 Å². The summed E-state index contributed by atoms with van der Waals surface area (Å²) in [5, 5.41) is 3.48. The van der Waals surface area contributed by atoms with Crippen LogP contribution in [0.25, 0.3) is 0 Å². The first-order chi connectivity index (χ1) is 6.86. The van der Waals surface area contributed by atoms with Gasteiger partial charge in [-0.3, -0.25) is 4.90 Å². The van der Waals surface area contributed by atoms with Gasteiger partial charge in [-0.1, -0.05) is 12.2 Å². The van der Waals surface area contributed by atoms with E-state index < -0.39 is 0 Å². The lowest BCUT2D eigenvalue weighted by atomic mass is 10.4. The van der Waals surface area contributed by atoms with E-state index in [4.69, 9.17) is 0 Å². The highest BCUT2D eigenvalue weighted by molar-refractivity contribution is 4.80. The van der Waals surface area contributed by atoms with Gasteiger partial charge in [0.25, 0.3) is 0 Å². The monoisotopic (exact) mass is 194 g/mol. The van der Waals surface area contributed by atoms with Crippen LogP contribution in [0.3, 0.4) is 0 Å². The zero-order valence-electron chi connectivity index (χ0n) is 9.04. The van der Waals surface area contributed by atoms with Crippen molar-refractivity contribution < 1.29 is 0 Å². The zero-order chi connectivity index (χ0) is 10.2. The SMILES string of the molecule is C=CCN(CC=C)CCNCC1CC1. The largest absolute Gasteiger partial charge is 0.315 e. The predicted molar refractivity (Wildman–Crippen MR) is 62.4 cm³/mol. The van der Waals surface area contributed by atoms with Gasteiger partial charge in [-0.05, 0) is 25.3 Å². The maximum atomic E-state index is 3.75. The number of nitrogens with zero attached hydrogens (tertiary/aromatic N) is 1. The van der Waals surface area contributed by atoms with Crippen molar-refractivity contribution in [3.05, 3.63) is 25.3 Å². The smallest absolute Gasteiger partial charge is 0.0164 e. The van der Waals surface area contributed by atoms with Gasteiger partial charge in [-0.15, -0.1) is 13.2 Å². The molecule has 1 rings (SSSR count). The highest BCUT2D eigenvalue weighted by atomic mass is 15.1. The summed E-state index contributed by atoms with van der Waals surface area (Å²) in [4.78, 5) is 2.33. The van der Waals surface area contributed by atoms with Crippen molar-refractivity contribution in [2.45, 2.75) is 12.8 Å². The first kappa shape index (κ1) is 11.5. The van der Waals surface area contributed by atoms with Crippen LogP contribution in [0, 0.1) is 5.92 Å². The lowest BCUT2D eigenvalue weighted by Gasteiger charge is -2.18. The van der Waals surface area contributed by atoms with Gasteiger partial charge in [0.05, 0.1) is 0 Å². The molecule has 0 amide bonds. The molecule has 0 spiro atoms. The Balaban J connectivity index is 1.98. The van der Waals surface area contributed by atoms with Gasteiger partial charge in [0.15, 0.2) is 0 Å². The second-order valence-electron chi connectivity index (χ2n) is 3.98. The molecule has 1 aliphatic carbocycles. The molecule has 2 nitrogen and oxygen atoms in total. The fraction of sp³-hybridized carbons (Fsp3) is 0.667. The molecule has 0 radical (unpaired) electrons. The molecule has 14 heavy (non-hydrogen) atoms. The molecular formula is C12H22N2. The minimum absolute atomic E-state index is 0.955. The summed E-state index contributed by atoms with van der Waals surface area (Å²) in [6.45, 7) is 12.8. The highest BCUT2D eigenvalue weighted by Crippen LogP contribution is 2.27. The van der Waals surface area contributed by atoms with Crippen molar-refractivity contribution in [3.8, 4) is 0 Å². The average molecular weight is 194 g/mol. The standard InChI is InChI=1S/C12H22N2/c1-3-8-14(9-4-2)10-7-13-11-12-5-6-12/h3-4,12-13H,1-2,5-11H2. The molecule has 0 atom stereocenters. The minimum atomic E-state index is 0.955. The van der Waals surface area contributed by atoms with Crippen LogP contribution in [0.1, 0.15) is 12.8 Å². The van der Waals surface area contributed by atoms with E-state index in [1.165, 1.54) is 19.4 Å². The molecule has 0 unspecified atom stereocenters. The normalized spacial score (nSPS) is 15.8. The van der Waals surface area contributed by atoms with E-state index in [1.807, 2.05) is 12.2 Å². The highest BCUT2D eigenvalue weighted by Gasteiger charge is 2.19. The lowest BCUT2D eigenvalue weighted by Crippen LogP contribution is -2.33. The Labute approximate surface area is 87.7 Å². The van der Waals surface area contributed by atoms with Crippen molar-refractivity contribution >= 4 is 0 Å². The van der Waals surface area contributed by atoms with Crippen LogP contribution in [-0.2, 0) is 0 Å². The molecule has 0 aliphatic heterocycles.